The van der Waals surface area contributed by atoms with Crippen LogP contribution in [-0.4, -0.2) is 9.13 Å². The summed E-state index contributed by atoms with van der Waals surface area (Å²) in [5.74, 6) is 0. The third-order valence-corrected chi connectivity index (χ3v) is 4.06. The Morgan fingerprint density at radius 2 is 1.73 bits per heavy atom. The third kappa shape index (κ3) is 2.45. The van der Waals surface area contributed by atoms with E-state index in [4.69, 9.17) is 23.2 Å². The minimum atomic E-state index is -0.425. The molecule has 2 aromatic carbocycles. The van der Waals surface area contributed by atoms with Gasteiger partial charge in [0.05, 0.1) is 22.5 Å². The summed E-state index contributed by atoms with van der Waals surface area (Å²) in [5.41, 5.74) is 0.556. The van der Waals surface area contributed by atoms with Crippen LogP contribution in [0.3, 0.4) is 0 Å². The zero-order valence-corrected chi connectivity index (χ0v) is 13.2. The minimum Gasteiger partial charge on any atom is -0.289 e. The van der Waals surface area contributed by atoms with Crippen LogP contribution in [0.1, 0.15) is 5.56 Å². The number of aromatic nitrogens is 2. The highest BCUT2D eigenvalue weighted by molar-refractivity contribution is 6.38. The van der Waals surface area contributed by atoms with Gasteiger partial charge in [-0.1, -0.05) is 53.5 Å². The van der Waals surface area contributed by atoms with Crippen LogP contribution in [0.2, 0.25) is 10.0 Å². The molecular formula is C16H12Cl2N2O2. The molecule has 1 aromatic heterocycles. The summed E-state index contributed by atoms with van der Waals surface area (Å²) in [7, 11) is 1.44. The van der Waals surface area contributed by atoms with Gasteiger partial charge in [-0.15, -0.1) is 0 Å². The second-order valence-electron chi connectivity index (χ2n) is 5.00. The van der Waals surface area contributed by atoms with Gasteiger partial charge in [-0.3, -0.25) is 13.9 Å². The molecule has 0 radical (unpaired) electrons. The van der Waals surface area contributed by atoms with E-state index < -0.39 is 11.2 Å². The summed E-state index contributed by atoms with van der Waals surface area (Å²) in [6.07, 6.45) is 0. The van der Waals surface area contributed by atoms with Crippen molar-refractivity contribution in [1.29, 1.82) is 0 Å². The number of fused-ring (bicyclic) bond motifs is 1. The minimum absolute atomic E-state index is 0.241. The first-order chi connectivity index (χ1) is 10.5. The van der Waals surface area contributed by atoms with Crippen LogP contribution in [0.5, 0.6) is 0 Å². The van der Waals surface area contributed by atoms with Gasteiger partial charge >= 0.3 is 5.69 Å². The topological polar surface area (TPSA) is 44.0 Å². The summed E-state index contributed by atoms with van der Waals surface area (Å²) in [6.45, 7) is 0.334. The lowest BCUT2D eigenvalue weighted by Gasteiger charge is -2.13. The van der Waals surface area contributed by atoms with E-state index in [0.29, 0.717) is 22.5 Å². The lowest BCUT2D eigenvalue weighted by molar-refractivity contribution is 0.674. The Hall–Kier alpha value is -2.04. The average Bonchev–Trinajstić information content (AvgIpc) is 2.49. The van der Waals surface area contributed by atoms with Crippen LogP contribution in [0.25, 0.3) is 10.9 Å². The molecule has 112 valence electrons. The lowest BCUT2D eigenvalue weighted by Crippen LogP contribution is -2.38. The molecule has 0 aliphatic rings. The molecule has 3 rings (SSSR count). The van der Waals surface area contributed by atoms with Crippen LogP contribution in [0.15, 0.2) is 52.1 Å². The summed E-state index contributed by atoms with van der Waals surface area (Å²) >= 11 is 12.2. The Morgan fingerprint density at radius 1 is 1.05 bits per heavy atom. The maximum Gasteiger partial charge on any atom is 0.331 e. The number of halogens is 2. The fourth-order valence-electron chi connectivity index (χ4n) is 2.44. The lowest BCUT2D eigenvalue weighted by atomic mass is 10.2. The third-order valence-electron chi connectivity index (χ3n) is 3.54. The molecule has 0 amide bonds. The van der Waals surface area contributed by atoms with Crippen LogP contribution in [0, 0.1) is 0 Å². The molecule has 0 spiro atoms. The molecule has 0 fully saturated rings. The number of benzene rings is 2. The van der Waals surface area contributed by atoms with E-state index in [1.54, 1.807) is 6.07 Å². The first-order valence-corrected chi connectivity index (χ1v) is 7.37. The predicted molar refractivity (Wildman–Crippen MR) is 89.0 cm³/mol. The largest absolute Gasteiger partial charge is 0.331 e. The van der Waals surface area contributed by atoms with E-state index in [1.807, 2.05) is 30.3 Å². The van der Waals surface area contributed by atoms with Gasteiger partial charge < -0.3 is 0 Å². The Morgan fingerprint density at radius 3 is 2.41 bits per heavy atom. The molecule has 0 saturated heterocycles. The molecule has 6 heteroatoms. The smallest absolute Gasteiger partial charge is 0.289 e. The van der Waals surface area contributed by atoms with Crippen molar-refractivity contribution in [3.8, 4) is 0 Å². The molecule has 0 N–H and O–H groups in total. The molecule has 0 unspecified atom stereocenters. The van der Waals surface area contributed by atoms with E-state index in [-0.39, 0.29) is 5.02 Å². The molecule has 1 heterocycles. The predicted octanol–water partition coefficient (Wildman–Crippen LogP) is 3.06. The monoisotopic (exact) mass is 334 g/mol. The second kappa shape index (κ2) is 5.63. The molecule has 22 heavy (non-hydrogen) atoms. The first-order valence-electron chi connectivity index (χ1n) is 6.61. The van der Waals surface area contributed by atoms with Gasteiger partial charge in [-0.05, 0) is 17.7 Å². The van der Waals surface area contributed by atoms with Crippen molar-refractivity contribution in [2.75, 3.05) is 0 Å². The second-order valence-corrected chi connectivity index (χ2v) is 5.84. The number of nitrogens with zero attached hydrogens (tertiary/aromatic N) is 2. The summed E-state index contributed by atoms with van der Waals surface area (Å²) in [6, 6.07) is 12.6. The first kappa shape index (κ1) is 14.9. The summed E-state index contributed by atoms with van der Waals surface area (Å²) in [5, 5.41) is 0.918. The highest BCUT2D eigenvalue weighted by Gasteiger charge is 2.14. The highest BCUT2D eigenvalue weighted by atomic mass is 35.5. The van der Waals surface area contributed by atoms with Crippen LogP contribution in [-0.2, 0) is 13.6 Å². The van der Waals surface area contributed by atoms with Gasteiger partial charge in [-0.2, -0.15) is 0 Å². The van der Waals surface area contributed by atoms with Gasteiger partial charge in [0.2, 0.25) is 0 Å². The summed E-state index contributed by atoms with van der Waals surface area (Å²) < 4.78 is 2.56. The quantitative estimate of drug-likeness (QED) is 0.722. The van der Waals surface area contributed by atoms with Crippen LogP contribution >= 0.6 is 23.2 Å². The standard InChI is InChI=1S/C16H12Cl2N2O2/c1-19-15(21)14-12(18)7-11(17)8-13(14)20(16(19)22)9-10-5-3-2-4-6-10/h2-8H,9H2,1H3. The number of hydrogen-bond donors (Lipinski definition) is 0. The van der Waals surface area contributed by atoms with Gasteiger partial charge in [0, 0.05) is 12.1 Å². The van der Waals surface area contributed by atoms with Gasteiger partial charge in [0.1, 0.15) is 0 Å². The highest BCUT2D eigenvalue weighted by Crippen LogP contribution is 2.25. The Labute approximate surface area is 136 Å². The Balaban J connectivity index is 2.38. The zero-order chi connectivity index (χ0) is 15.9. The van der Waals surface area contributed by atoms with Crippen molar-refractivity contribution < 1.29 is 0 Å². The maximum atomic E-state index is 12.5. The molecular weight excluding hydrogens is 323 g/mol. The SMILES string of the molecule is Cn1c(=O)c2c(Cl)cc(Cl)cc2n(Cc2ccccc2)c1=O. The fourth-order valence-corrected chi connectivity index (χ4v) is 3.01. The van der Waals surface area contributed by atoms with Crippen molar-refractivity contribution >= 4 is 34.1 Å². The van der Waals surface area contributed by atoms with Gasteiger partial charge in [0.25, 0.3) is 5.56 Å². The molecule has 3 aromatic rings. The van der Waals surface area contributed by atoms with Crippen molar-refractivity contribution in [3.63, 3.8) is 0 Å². The summed E-state index contributed by atoms with van der Waals surface area (Å²) in [4.78, 5) is 24.8. The zero-order valence-electron chi connectivity index (χ0n) is 11.7. The van der Waals surface area contributed by atoms with E-state index in [1.165, 1.54) is 17.7 Å². The molecule has 0 saturated carbocycles. The Kier molecular flexibility index (Phi) is 3.81. The molecule has 0 aliphatic carbocycles. The van der Waals surface area contributed by atoms with Crippen LogP contribution in [0.4, 0.5) is 0 Å². The van der Waals surface area contributed by atoms with E-state index >= 15 is 0 Å². The van der Waals surface area contributed by atoms with Gasteiger partial charge in [0.15, 0.2) is 0 Å². The molecule has 0 bridgehead atoms. The molecule has 4 nitrogen and oxygen atoms in total. The van der Waals surface area contributed by atoms with Crippen molar-refractivity contribution in [2.45, 2.75) is 6.54 Å². The van der Waals surface area contributed by atoms with Gasteiger partial charge in [-0.25, -0.2) is 4.79 Å². The fraction of sp³-hybridized carbons (Fsp3) is 0.125. The average molecular weight is 335 g/mol. The molecule has 0 atom stereocenters. The van der Waals surface area contributed by atoms with Crippen molar-refractivity contribution in [2.24, 2.45) is 7.05 Å². The normalized spacial score (nSPS) is 11.0. The van der Waals surface area contributed by atoms with Crippen molar-refractivity contribution in [1.82, 2.24) is 9.13 Å². The van der Waals surface area contributed by atoms with E-state index in [9.17, 15) is 9.59 Å². The van der Waals surface area contributed by atoms with E-state index in [0.717, 1.165) is 10.1 Å². The van der Waals surface area contributed by atoms with Crippen LogP contribution < -0.4 is 11.2 Å². The maximum absolute atomic E-state index is 12.5. The van der Waals surface area contributed by atoms with E-state index in [2.05, 4.69) is 0 Å². The number of hydrogen-bond acceptors (Lipinski definition) is 2. The van der Waals surface area contributed by atoms with Crippen molar-refractivity contribution in [3.05, 3.63) is 78.9 Å². The Bertz CT molecular complexity index is 975. The molecule has 0 aliphatic heterocycles. The number of rotatable bonds is 2.